The number of carboxylic acids is 1. The number of methoxy groups -OCH3 is 2. The first kappa shape index (κ1) is 12.9. The topological polar surface area (TPSA) is 73.6 Å². The minimum absolute atomic E-state index is 0.176. The van der Waals surface area contributed by atoms with E-state index in [4.69, 9.17) is 14.6 Å². The summed E-state index contributed by atoms with van der Waals surface area (Å²) in [6.07, 6.45) is 1.33. The summed E-state index contributed by atoms with van der Waals surface area (Å²) in [5, 5.41) is 13.1. The molecular formula is C13H14N2O4. The molecule has 0 bridgehead atoms. The van der Waals surface area contributed by atoms with Gasteiger partial charge in [0.15, 0.2) is 11.5 Å². The molecule has 0 atom stereocenters. The predicted octanol–water partition coefficient (Wildman–Crippen LogP) is 1.90. The van der Waals surface area contributed by atoms with Crippen LogP contribution in [-0.2, 0) is 0 Å². The molecule has 2 aromatic rings. The Morgan fingerprint density at radius 3 is 2.47 bits per heavy atom. The van der Waals surface area contributed by atoms with Crippen LogP contribution in [-0.4, -0.2) is 35.1 Å². The maximum atomic E-state index is 11.0. The number of rotatable bonds is 4. The summed E-state index contributed by atoms with van der Waals surface area (Å²) < 4.78 is 11.9. The molecule has 6 heteroatoms. The van der Waals surface area contributed by atoms with E-state index in [-0.39, 0.29) is 5.56 Å². The fourth-order valence-electron chi connectivity index (χ4n) is 1.84. The van der Waals surface area contributed by atoms with Crippen LogP contribution in [0.3, 0.4) is 0 Å². The first-order chi connectivity index (χ1) is 9.08. The largest absolute Gasteiger partial charge is 0.493 e. The fourth-order valence-corrected chi connectivity index (χ4v) is 1.84. The van der Waals surface area contributed by atoms with Crippen molar-refractivity contribution in [3.05, 3.63) is 35.7 Å². The van der Waals surface area contributed by atoms with E-state index < -0.39 is 5.97 Å². The van der Waals surface area contributed by atoms with Crippen LogP contribution in [0.1, 0.15) is 16.1 Å². The lowest BCUT2D eigenvalue weighted by Gasteiger charge is -2.10. The van der Waals surface area contributed by atoms with Crippen LogP contribution in [0.15, 0.2) is 24.4 Å². The Labute approximate surface area is 110 Å². The highest BCUT2D eigenvalue weighted by atomic mass is 16.5. The minimum atomic E-state index is -0.996. The van der Waals surface area contributed by atoms with Gasteiger partial charge in [-0.25, -0.2) is 9.48 Å². The van der Waals surface area contributed by atoms with Crippen molar-refractivity contribution in [2.45, 2.75) is 6.92 Å². The van der Waals surface area contributed by atoms with Gasteiger partial charge in [0.05, 0.1) is 31.8 Å². The molecule has 1 aromatic carbocycles. The van der Waals surface area contributed by atoms with Crippen LogP contribution in [0.2, 0.25) is 0 Å². The summed E-state index contributed by atoms with van der Waals surface area (Å²) >= 11 is 0. The van der Waals surface area contributed by atoms with E-state index in [9.17, 15) is 4.79 Å². The van der Waals surface area contributed by atoms with E-state index in [1.807, 2.05) is 0 Å². The van der Waals surface area contributed by atoms with Gasteiger partial charge in [0.1, 0.15) is 5.56 Å². The number of aromatic carboxylic acids is 1. The van der Waals surface area contributed by atoms with Crippen molar-refractivity contribution in [2.24, 2.45) is 0 Å². The molecule has 0 aliphatic carbocycles. The third-order valence-electron chi connectivity index (χ3n) is 2.85. The van der Waals surface area contributed by atoms with Crippen molar-refractivity contribution in [3.63, 3.8) is 0 Å². The van der Waals surface area contributed by atoms with Crippen LogP contribution in [0.4, 0.5) is 0 Å². The molecule has 100 valence electrons. The number of hydrogen-bond acceptors (Lipinski definition) is 4. The molecule has 0 saturated carbocycles. The number of ether oxygens (including phenoxy) is 2. The maximum absolute atomic E-state index is 11.0. The number of aromatic nitrogens is 2. The lowest BCUT2D eigenvalue weighted by Crippen LogP contribution is -2.03. The van der Waals surface area contributed by atoms with Gasteiger partial charge in [-0.15, -0.1) is 0 Å². The van der Waals surface area contributed by atoms with Gasteiger partial charge in [-0.1, -0.05) is 0 Å². The van der Waals surface area contributed by atoms with Crippen LogP contribution in [0.5, 0.6) is 11.5 Å². The molecule has 0 aliphatic heterocycles. The fraction of sp³-hybridized carbons (Fsp3) is 0.231. The molecule has 0 spiro atoms. The van der Waals surface area contributed by atoms with E-state index in [0.29, 0.717) is 22.9 Å². The number of benzene rings is 1. The van der Waals surface area contributed by atoms with Crippen LogP contribution in [0.25, 0.3) is 5.69 Å². The van der Waals surface area contributed by atoms with Crippen molar-refractivity contribution in [1.29, 1.82) is 0 Å². The minimum Gasteiger partial charge on any atom is -0.493 e. The Hall–Kier alpha value is -2.50. The molecule has 0 radical (unpaired) electrons. The van der Waals surface area contributed by atoms with E-state index in [1.165, 1.54) is 6.20 Å². The van der Waals surface area contributed by atoms with Gasteiger partial charge in [-0.05, 0) is 19.1 Å². The summed E-state index contributed by atoms with van der Waals surface area (Å²) in [4.78, 5) is 11.0. The quantitative estimate of drug-likeness (QED) is 0.910. The number of carbonyl (C=O) groups is 1. The predicted molar refractivity (Wildman–Crippen MR) is 68.4 cm³/mol. The summed E-state index contributed by atoms with van der Waals surface area (Å²) in [7, 11) is 3.10. The molecule has 1 N–H and O–H groups in total. The standard InChI is InChI=1S/C13H14N2O4/c1-8-10(13(16)17)7-14-15(8)9-4-5-11(18-2)12(6-9)19-3/h4-7H,1-3H3,(H,16,17). The van der Waals surface area contributed by atoms with Crippen molar-refractivity contribution >= 4 is 5.97 Å². The number of hydrogen-bond donors (Lipinski definition) is 1. The first-order valence-electron chi connectivity index (χ1n) is 5.58. The van der Waals surface area contributed by atoms with Crippen LogP contribution < -0.4 is 9.47 Å². The third kappa shape index (κ3) is 2.24. The maximum Gasteiger partial charge on any atom is 0.339 e. The lowest BCUT2D eigenvalue weighted by atomic mass is 10.2. The SMILES string of the molecule is COc1ccc(-n2ncc(C(=O)O)c2C)cc1OC. The summed E-state index contributed by atoms with van der Waals surface area (Å²) in [5.74, 6) is 0.172. The molecule has 6 nitrogen and oxygen atoms in total. The molecule has 0 fully saturated rings. The second-order valence-corrected chi connectivity index (χ2v) is 3.90. The molecule has 19 heavy (non-hydrogen) atoms. The Morgan fingerprint density at radius 2 is 1.95 bits per heavy atom. The highest BCUT2D eigenvalue weighted by Crippen LogP contribution is 2.29. The average molecular weight is 262 g/mol. The highest BCUT2D eigenvalue weighted by molar-refractivity contribution is 5.88. The average Bonchev–Trinajstić information content (AvgIpc) is 2.80. The Balaban J connectivity index is 2.50. The van der Waals surface area contributed by atoms with E-state index in [2.05, 4.69) is 5.10 Å². The summed E-state index contributed by atoms with van der Waals surface area (Å²) in [6.45, 7) is 1.70. The van der Waals surface area contributed by atoms with Crippen LogP contribution in [0, 0.1) is 6.92 Å². The zero-order chi connectivity index (χ0) is 14.0. The monoisotopic (exact) mass is 262 g/mol. The summed E-state index contributed by atoms with van der Waals surface area (Å²) in [5.41, 5.74) is 1.44. The number of nitrogens with zero attached hydrogens (tertiary/aromatic N) is 2. The lowest BCUT2D eigenvalue weighted by molar-refractivity contribution is 0.0696. The highest BCUT2D eigenvalue weighted by Gasteiger charge is 2.15. The smallest absolute Gasteiger partial charge is 0.339 e. The Morgan fingerprint density at radius 1 is 1.26 bits per heavy atom. The van der Waals surface area contributed by atoms with Gasteiger partial charge in [-0.2, -0.15) is 5.10 Å². The van der Waals surface area contributed by atoms with Gasteiger partial charge in [0, 0.05) is 6.07 Å². The zero-order valence-electron chi connectivity index (χ0n) is 10.9. The Bertz CT molecular complexity index is 619. The van der Waals surface area contributed by atoms with Gasteiger partial charge in [0.2, 0.25) is 0 Å². The molecule has 0 unspecified atom stereocenters. The van der Waals surface area contributed by atoms with Gasteiger partial charge in [-0.3, -0.25) is 0 Å². The molecule has 2 rings (SSSR count). The van der Waals surface area contributed by atoms with Crippen molar-refractivity contribution < 1.29 is 19.4 Å². The second-order valence-electron chi connectivity index (χ2n) is 3.90. The molecule has 0 aliphatic rings. The molecule has 0 saturated heterocycles. The Kier molecular flexibility index (Phi) is 3.41. The van der Waals surface area contributed by atoms with Crippen molar-refractivity contribution in [2.75, 3.05) is 14.2 Å². The molecule has 0 amide bonds. The van der Waals surface area contributed by atoms with Crippen molar-refractivity contribution in [1.82, 2.24) is 9.78 Å². The second kappa shape index (κ2) is 5.01. The van der Waals surface area contributed by atoms with E-state index in [1.54, 1.807) is 44.0 Å². The molecular weight excluding hydrogens is 248 g/mol. The first-order valence-corrected chi connectivity index (χ1v) is 5.58. The van der Waals surface area contributed by atoms with E-state index >= 15 is 0 Å². The van der Waals surface area contributed by atoms with Gasteiger partial charge >= 0.3 is 5.97 Å². The van der Waals surface area contributed by atoms with Gasteiger partial charge in [0.25, 0.3) is 0 Å². The molecule has 1 aromatic heterocycles. The van der Waals surface area contributed by atoms with Crippen LogP contribution >= 0.6 is 0 Å². The summed E-state index contributed by atoms with van der Waals surface area (Å²) in [6, 6.07) is 5.27. The molecule has 1 heterocycles. The van der Waals surface area contributed by atoms with Gasteiger partial charge < -0.3 is 14.6 Å². The number of carboxylic acid groups (broad SMARTS) is 1. The van der Waals surface area contributed by atoms with Crippen molar-refractivity contribution in [3.8, 4) is 17.2 Å². The normalized spacial score (nSPS) is 10.3. The van der Waals surface area contributed by atoms with E-state index in [0.717, 1.165) is 0 Å². The zero-order valence-corrected chi connectivity index (χ0v) is 10.9. The third-order valence-corrected chi connectivity index (χ3v) is 2.85.